The number of nitrogens with zero attached hydrogens (tertiary/aromatic N) is 4. The fourth-order valence-corrected chi connectivity index (χ4v) is 14.0. The lowest BCUT2D eigenvalue weighted by atomic mass is 10.0. The molecule has 4 aliphatic rings. The van der Waals surface area contributed by atoms with Gasteiger partial charge in [0.25, 0.3) is 11.8 Å². The number of aliphatic imine (C=N–C) groups is 2. The van der Waals surface area contributed by atoms with E-state index in [-0.39, 0.29) is 71.3 Å². The number of ether oxygens (including phenoxy) is 4. The fraction of sp³-hybridized carbons (Fsp3) is 0.449. The fourth-order valence-electron chi connectivity index (χ4n) is 11.4. The number of unbranched alkanes of at least 4 members (excludes halogenated alkanes) is 5. The summed E-state index contributed by atoms with van der Waals surface area (Å²) in [6, 6.07) is 25.3. The molecule has 5 atom stereocenters. The third kappa shape index (κ3) is 16.5. The number of amides is 6. The molecule has 0 spiro atoms. The standard InChI is InChI=1S/C69H84N8O10S2/c1-10-11-12-13-14-19-28-70-62(78)25-24-43(4)88-89-69(6,7)27-26-63(79)75-64(42(2)3)66(81)73-44(5)65(80)74-49-30-45(40-86-60-36-54-52(34-58(60)84-8)67(82)76-50(38-71-54)32-47-20-15-17-22-56(47)76)29-46(31-49)41-87-61-37-55-53(35-59(61)85-9)68(83)77-51(39-72-55)33-48-21-16-18-23-57(48)77/h15-18,20-23,29-31,34-39,42-44,50-51,64H,10-14,19,24-28,32-33,40-41H2,1-9H3,(H,70,78)(H,73,81)(H,74,80)(H,75,79)/t43?,44-,50-,51-,64-/m0/s1. The van der Waals surface area contributed by atoms with Crippen molar-refractivity contribution in [1.29, 1.82) is 0 Å². The van der Waals surface area contributed by atoms with Gasteiger partial charge < -0.3 is 40.2 Å². The van der Waals surface area contributed by atoms with Crippen molar-refractivity contribution in [2.45, 2.75) is 173 Å². The van der Waals surface area contributed by atoms with Gasteiger partial charge in [-0.2, -0.15) is 0 Å². The van der Waals surface area contributed by atoms with Crippen LogP contribution in [0.2, 0.25) is 0 Å². The molecule has 0 aliphatic carbocycles. The van der Waals surface area contributed by atoms with Crippen LogP contribution in [-0.2, 0) is 45.2 Å². The van der Waals surface area contributed by atoms with Crippen LogP contribution < -0.4 is 50.0 Å². The highest BCUT2D eigenvalue weighted by Gasteiger charge is 2.39. The zero-order chi connectivity index (χ0) is 63.4. The maximum atomic E-state index is 14.2. The molecule has 4 N–H and O–H groups in total. The first-order valence-electron chi connectivity index (χ1n) is 31.1. The lowest BCUT2D eigenvalue weighted by Gasteiger charge is -2.26. The Balaban J connectivity index is 0.851. The summed E-state index contributed by atoms with van der Waals surface area (Å²) >= 11 is 0. The maximum Gasteiger partial charge on any atom is 0.261 e. The van der Waals surface area contributed by atoms with Crippen LogP contribution in [0, 0.1) is 5.92 Å². The molecule has 5 aromatic rings. The number of nitrogens with one attached hydrogen (secondary N) is 4. The Morgan fingerprint density at radius 3 is 1.73 bits per heavy atom. The molecule has 9 rings (SSSR count). The minimum Gasteiger partial charge on any atom is -0.493 e. The quantitative estimate of drug-likeness (QED) is 0.0249. The van der Waals surface area contributed by atoms with E-state index in [0.29, 0.717) is 88.0 Å². The van der Waals surface area contributed by atoms with Crippen LogP contribution >= 0.6 is 21.6 Å². The summed E-state index contributed by atoms with van der Waals surface area (Å²) in [5, 5.41) is 12.0. The van der Waals surface area contributed by atoms with Crippen LogP contribution in [0.15, 0.2) is 101 Å². The van der Waals surface area contributed by atoms with Crippen molar-refractivity contribution >= 4 is 97.9 Å². The third-order valence-electron chi connectivity index (χ3n) is 16.4. The van der Waals surface area contributed by atoms with Crippen LogP contribution in [0.3, 0.4) is 0 Å². The number of carbonyl (C=O) groups is 6. The van der Waals surface area contributed by atoms with E-state index in [0.717, 1.165) is 48.3 Å². The number of hydrogen-bond donors (Lipinski definition) is 4. The molecule has 0 fully saturated rings. The number of benzene rings is 5. The molecular weight excluding hydrogens is 1160 g/mol. The van der Waals surface area contributed by atoms with Gasteiger partial charge in [0.1, 0.15) is 25.3 Å². The molecule has 0 radical (unpaired) electrons. The second-order valence-corrected chi connectivity index (χ2v) is 27.6. The number of fused-ring (bicyclic) bond motifs is 8. The highest BCUT2D eigenvalue weighted by atomic mass is 33.1. The van der Waals surface area contributed by atoms with E-state index in [9.17, 15) is 28.8 Å². The van der Waals surface area contributed by atoms with E-state index in [1.165, 1.54) is 39.9 Å². The topological polar surface area (TPSA) is 219 Å². The van der Waals surface area contributed by atoms with Gasteiger partial charge >= 0.3 is 0 Å². The Morgan fingerprint density at radius 1 is 0.652 bits per heavy atom. The predicted molar refractivity (Wildman–Crippen MR) is 355 cm³/mol. The Morgan fingerprint density at radius 2 is 1.19 bits per heavy atom. The van der Waals surface area contributed by atoms with Crippen molar-refractivity contribution in [1.82, 2.24) is 16.0 Å². The molecule has 0 saturated carbocycles. The average molecular weight is 1250 g/mol. The molecule has 0 saturated heterocycles. The van der Waals surface area contributed by atoms with Crippen LogP contribution in [0.1, 0.15) is 156 Å². The maximum absolute atomic E-state index is 14.2. The Hall–Kier alpha value is -7.84. The van der Waals surface area contributed by atoms with E-state index in [1.807, 2.05) is 68.4 Å². The Bertz CT molecular complexity index is 3320. The zero-order valence-electron chi connectivity index (χ0n) is 52.6. The van der Waals surface area contributed by atoms with Crippen LogP contribution in [0.25, 0.3) is 0 Å². The summed E-state index contributed by atoms with van der Waals surface area (Å²) in [5.41, 5.74) is 7.05. The summed E-state index contributed by atoms with van der Waals surface area (Å²) in [6.07, 6.45) is 13.9. The van der Waals surface area contributed by atoms with Gasteiger partial charge in [-0.25, -0.2) is 0 Å². The van der Waals surface area contributed by atoms with Gasteiger partial charge in [-0.15, -0.1) is 0 Å². The van der Waals surface area contributed by atoms with Crippen LogP contribution in [0.4, 0.5) is 28.4 Å². The average Bonchev–Trinajstić information content (AvgIpc) is 1.91. The first-order valence-corrected chi connectivity index (χ1v) is 33.3. The van der Waals surface area contributed by atoms with Crippen molar-refractivity contribution in [2.24, 2.45) is 15.9 Å². The molecule has 0 bridgehead atoms. The first-order chi connectivity index (χ1) is 42.8. The predicted octanol–water partition coefficient (Wildman–Crippen LogP) is 12.6. The monoisotopic (exact) mass is 1250 g/mol. The lowest BCUT2D eigenvalue weighted by Crippen LogP contribution is -2.53. The smallest absolute Gasteiger partial charge is 0.261 e. The highest BCUT2D eigenvalue weighted by Crippen LogP contribution is 2.45. The Kier molecular flexibility index (Phi) is 22.2. The minimum absolute atomic E-state index is 0.0269. The SMILES string of the molecule is CCCCCCCCNC(=O)CCC(C)SSC(C)(C)CCC(=O)N[C@H](C(=O)N[C@@H](C)C(=O)Nc1cc(COc2cc3c(cc2OC)C(=O)N2c4ccccc4C[C@H]2C=N3)cc(COc2cc3c(cc2OC)C(=O)N2c4ccccc4C[C@H]2C=N3)c1)C(C)C. The summed E-state index contributed by atoms with van der Waals surface area (Å²) in [5.74, 6) is -0.586. The van der Waals surface area contributed by atoms with E-state index in [1.54, 1.807) is 87.1 Å². The van der Waals surface area contributed by atoms with Crippen molar-refractivity contribution in [3.05, 3.63) is 124 Å². The van der Waals surface area contributed by atoms with Crippen molar-refractivity contribution in [3.63, 3.8) is 0 Å². The van der Waals surface area contributed by atoms with Crippen molar-refractivity contribution < 1.29 is 47.7 Å². The van der Waals surface area contributed by atoms with Gasteiger partial charge in [0, 0.05) is 83.8 Å². The number of rotatable bonds is 30. The van der Waals surface area contributed by atoms with Gasteiger partial charge in [-0.05, 0) is 111 Å². The number of hydrogen-bond acceptors (Lipinski definition) is 14. The molecule has 18 nitrogen and oxygen atoms in total. The zero-order valence-corrected chi connectivity index (χ0v) is 54.2. The normalized spacial score (nSPS) is 16.3. The summed E-state index contributed by atoms with van der Waals surface area (Å²) < 4.78 is 24.3. The lowest BCUT2D eigenvalue weighted by molar-refractivity contribution is -0.131. The second kappa shape index (κ2) is 30.1. The second-order valence-electron chi connectivity index (χ2n) is 24.3. The van der Waals surface area contributed by atoms with Gasteiger partial charge in [-0.1, -0.05) is 118 Å². The summed E-state index contributed by atoms with van der Waals surface area (Å²) in [4.78, 5) is 95.5. The largest absolute Gasteiger partial charge is 0.493 e. The van der Waals surface area contributed by atoms with Gasteiger partial charge in [-0.3, -0.25) is 48.6 Å². The molecule has 472 valence electrons. The molecule has 0 aromatic heterocycles. The van der Waals surface area contributed by atoms with E-state index in [2.05, 4.69) is 49.0 Å². The minimum atomic E-state index is -1.03. The highest BCUT2D eigenvalue weighted by molar-refractivity contribution is 8.77. The molecule has 4 aliphatic heterocycles. The molecular formula is C69H84N8O10S2. The van der Waals surface area contributed by atoms with Gasteiger partial charge in [0.2, 0.25) is 23.6 Å². The summed E-state index contributed by atoms with van der Waals surface area (Å²) in [7, 11) is 6.43. The third-order valence-corrected chi connectivity index (χ3v) is 20.4. The van der Waals surface area contributed by atoms with Crippen molar-refractivity contribution in [3.8, 4) is 23.0 Å². The Labute approximate surface area is 530 Å². The number of para-hydroxylation sites is 2. The first kappa shape index (κ1) is 65.6. The molecule has 5 aromatic carbocycles. The molecule has 4 heterocycles. The van der Waals surface area contributed by atoms with Gasteiger partial charge in [0.05, 0.1) is 48.8 Å². The number of methoxy groups -OCH3 is 2. The van der Waals surface area contributed by atoms with Gasteiger partial charge in [0.15, 0.2) is 23.0 Å². The molecule has 89 heavy (non-hydrogen) atoms. The van der Waals surface area contributed by atoms with Crippen molar-refractivity contribution in [2.75, 3.05) is 35.9 Å². The summed E-state index contributed by atoms with van der Waals surface area (Å²) in [6.45, 7) is 14.4. The molecule has 20 heteroatoms. The number of anilines is 3. The van der Waals surface area contributed by atoms with Crippen LogP contribution in [0.5, 0.6) is 23.0 Å². The number of carbonyl (C=O) groups excluding carboxylic acids is 6. The van der Waals surface area contributed by atoms with E-state index in [4.69, 9.17) is 28.9 Å². The van der Waals surface area contributed by atoms with E-state index < -0.39 is 23.9 Å². The van der Waals surface area contributed by atoms with E-state index >= 15 is 0 Å². The van der Waals surface area contributed by atoms with Crippen LogP contribution in [-0.4, -0.2) is 103 Å². The molecule has 6 amide bonds. The molecule has 1 unspecified atom stereocenters.